The van der Waals surface area contributed by atoms with Crippen LogP contribution in [0.3, 0.4) is 0 Å². The highest BCUT2D eigenvalue weighted by Gasteiger charge is 2.20. The minimum Gasteiger partial charge on any atom is -0.507 e. The highest BCUT2D eigenvalue weighted by atomic mass is 19.3. The van der Waals surface area contributed by atoms with Crippen molar-refractivity contribution < 1.29 is 18.6 Å². The zero-order valence-corrected chi connectivity index (χ0v) is 7.58. The molecule has 0 saturated heterocycles. The maximum Gasteiger partial charge on any atom is 0.257 e. The summed E-state index contributed by atoms with van der Waals surface area (Å²) in [6.07, 6.45) is -2.70. The number of ether oxygens (including phenoxy) is 1. The summed E-state index contributed by atoms with van der Waals surface area (Å²) in [5.41, 5.74) is 5.19. The molecule has 5 heteroatoms. The highest BCUT2D eigenvalue weighted by molar-refractivity contribution is 5.41. The van der Waals surface area contributed by atoms with Crippen LogP contribution in [0.2, 0.25) is 0 Å². The standard InChI is InChI=1S/C9H11F2NO2/c1-14-5-2-3-6(7(13)4-5)8(12)9(10)11/h2-4,8-9,13H,12H2,1H3/t8-/m1/s1. The number of phenols is 1. The largest absolute Gasteiger partial charge is 0.507 e. The number of aromatic hydroxyl groups is 1. The number of phenolic OH excluding ortho intramolecular Hbond substituents is 1. The van der Waals surface area contributed by atoms with E-state index in [0.29, 0.717) is 5.75 Å². The number of hydrogen-bond acceptors (Lipinski definition) is 3. The van der Waals surface area contributed by atoms with Gasteiger partial charge >= 0.3 is 0 Å². The number of halogens is 2. The van der Waals surface area contributed by atoms with Crippen LogP contribution in [0.25, 0.3) is 0 Å². The first-order valence-electron chi connectivity index (χ1n) is 3.97. The van der Waals surface area contributed by atoms with Gasteiger partial charge in [0.1, 0.15) is 11.5 Å². The molecular weight excluding hydrogens is 192 g/mol. The summed E-state index contributed by atoms with van der Waals surface area (Å²) in [6.45, 7) is 0. The fourth-order valence-corrected chi connectivity index (χ4v) is 1.07. The highest BCUT2D eigenvalue weighted by Crippen LogP contribution is 2.29. The molecule has 0 aliphatic rings. The van der Waals surface area contributed by atoms with Crippen LogP contribution < -0.4 is 10.5 Å². The molecule has 0 aliphatic carbocycles. The molecule has 0 unspecified atom stereocenters. The molecule has 3 N–H and O–H groups in total. The summed E-state index contributed by atoms with van der Waals surface area (Å²) in [6, 6.07) is 2.57. The molecule has 0 aromatic heterocycles. The van der Waals surface area contributed by atoms with Crippen molar-refractivity contribution in [2.24, 2.45) is 5.73 Å². The first-order valence-corrected chi connectivity index (χ1v) is 3.97. The van der Waals surface area contributed by atoms with Crippen LogP contribution >= 0.6 is 0 Å². The van der Waals surface area contributed by atoms with Gasteiger partial charge in [-0.15, -0.1) is 0 Å². The lowest BCUT2D eigenvalue weighted by atomic mass is 10.1. The van der Waals surface area contributed by atoms with Gasteiger partial charge in [-0.25, -0.2) is 8.78 Å². The second kappa shape index (κ2) is 4.23. The molecule has 0 bridgehead atoms. The minimum absolute atomic E-state index is 0.0146. The lowest BCUT2D eigenvalue weighted by molar-refractivity contribution is 0.115. The van der Waals surface area contributed by atoms with Crippen LogP contribution in [0.4, 0.5) is 8.78 Å². The van der Waals surface area contributed by atoms with Gasteiger partial charge in [-0.2, -0.15) is 0 Å². The van der Waals surface area contributed by atoms with E-state index < -0.39 is 12.5 Å². The van der Waals surface area contributed by atoms with Crippen LogP contribution in [0, 0.1) is 0 Å². The monoisotopic (exact) mass is 203 g/mol. The number of hydrogen-bond donors (Lipinski definition) is 2. The van der Waals surface area contributed by atoms with E-state index >= 15 is 0 Å². The predicted octanol–water partition coefficient (Wildman–Crippen LogP) is 1.67. The lowest BCUT2D eigenvalue weighted by Crippen LogP contribution is -2.18. The van der Waals surface area contributed by atoms with E-state index in [-0.39, 0.29) is 11.3 Å². The zero-order chi connectivity index (χ0) is 10.7. The van der Waals surface area contributed by atoms with Gasteiger partial charge in [0, 0.05) is 11.6 Å². The van der Waals surface area contributed by atoms with E-state index in [2.05, 4.69) is 0 Å². The van der Waals surface area contributed by atoms with Crippen molar-refractivity contribution in [1.29, 1.82) is 0 Å². The van der Waals surface area contributed by atoms with E-state index in [0.717, 1.165) is 0 Å². The molecule has 78 valence electrons. The van der Waals surface area contributed by atoms with Crippen LogP contribution in [-0.2, 0) is 0 Å². The van der Waals surface area contributed by atoms with Crippen LogP contribution in [0.15, 0.2) is 18.2 Å². The summed E-state index contributed by atoms with van der Waals surface area (Å²) in [5, 5.41) is 9.35. The molecule has 14 heavy (non-hydrogen) atoms. The molecule has 0 heterocycles. The average Bonchev–Trinajstić information content (AvgIpc) is 2.16. The topological polar surface area (TPSA) is 55.5 Å². The lowest BCUT2D eigenvalue weighted by Gasteiger charge is -2.13. The van der Waals surface area contributed by atoms with Gasteiger partial charge in [0.05, 0.1) is 13.2 Å². The summed E-state index contributed by atoms with van der Waals surface area (Å²) < 4.78 is 29.2. The summed E-state index contributed by atoms with van der Waals surface area (Å²) >= 11 is 0. The Balaban J connectivity index is 2.99. The maximum atomic E-state index is 12.2. The molecule has 1 aromatic rings. The Hall–Kier alpha value is -1.36. The van der Waals surface area contributed by atoms with Crippen molar-refractivity contribution in [3.8, 4) is 11.5 Å². The van der Waals surface area contributed by atoms with E-state index in [4.69, 9.17) is 10.5 Å². The number of methoxy groups -OCH3 is 1. The number of nitrogens with two attached hydrogens (primary N) is 1. The van der Waals surface area contributed by atoms with Crippen LogP contribution in [-0.4, -0.2) is 18.6 Å². The summed E-state index contributed by atoms with van der Waals surface area (Å²) in [7, 11) is 1.42. The van der Waals surface area contributed by atoms with Gasteiger partial charge < -0.3 is 15.6 Å². The van der Waals surface area contributed by atoms with Crippen molar-refractivity contribution in [2.75, 3.05) is 7.11 Å². The molecule has 1 aromatic carbocycles. The Labute approximate surface area is 80.1 Å². The van der Waals surface area contributed by atoms with Gasteiger partial charge in [-0.3, -0.25) is 0 Å². The van der Waals surface area contributed by atoms with E-state index in [1.54, 1.807) is 0 Å². The third kappa shape index (κ3) is 2.11. The van der Waals surface area contributed by atoms with E-state index in [9.17, 15) is 13.9 Å². The van der Waals surface area contributed by atoms with Crippen LogP contribution in [0.5, 0.6) is 11.5 Å². The Kier molecular flexibility index (Phi) is 3.24. The smallest absolute Gasteiger partial charge is 0.257 e. The Morgan fingerprint density at radius 3 is 2.50 bits per heavy atom. The van der Waals surface area contributed by atoms with Gasteiger partial charge in [0.2, 0.25) is 0 Å². The van der Waals surface area contributed by atoms with Gasteiger partial charge in [-0.1, -0.05) is 0 Å². The fraction of sp³-hybridized carbons (Fsp3) is 0.333. The minimum atomic E-state index is -2.70. The second-order valence-corrected chi connectivity index (χ2v) is 2.78. The van der Waals surface area contributed by atoms with Crippen molar-refractivity contribution in [2.45, 2.75) is 12.5 Å². The molecule has 0 saturated carbocycles. The van der Waals surface area contributed by atoms with E-state index in [1.165, 1.54) is 25.3 Å². The van der Waals surface area contributed by atoms with Crippen LogP contribution in [0.1, 0.15) is 11.6 Å². The van der Waals surface area contributed by atoms with Gasteiger partial charge in [0.25, 0.3) is 6.43 Å². The Bertz CT molecular complexity index is 318. The molecule has 1 rings (SSSR count). The number of benzene rings is 1. The molecular formula is C9H11F2NO2. The Morgan fingerprint density at radius 1 is 1.43 bits per heavy atom. The van der Waals surface area contributed by atoms with Gasteiger partial charge in [-0.05, 0) is 12.1 Å². The first kappa shape index (κ1) is 10.7. The first-order chi connectivity index (χ1) is 6.56. The average molecular weight is 203 g/mol. The zero-order valence-electron chi connectivity index (χ0n) is 7.58. The fourth-order valence-electron chi connectivity index (χ4n) is 1.07. The van der Waals surface area contributed by atoms with Gasteiger partial charge in [0.15, 0.2) is 0 Å². The van der Waals surface area contributed by atoms with Crippen molar-refractivity contribution in [3.05, 3.63) is 23.8 Å². The number of alkyl halides is 2. The van der Waals surface area contributed by atoms with Crippen molar-refractivity contribution in [3.63, 3.8) is 0 Å². The second-order valence-electron chi connectivity index (χ2n) is 2.78. The SMILES string of the molecule is COc1ccc([C@@H](N)C(F)F)c(O)c1. The maximum absolute atomic E-state index is 12.2. The normalized spacial score (nSPS) is 12.9. The van der Waals surface area contributed by atoms with E-state index in [1.807, 2.05) is 0 Å². The molecule has 0 spiro atoms. The third-order valence-electron chi connectivity index (χ3n) is 1.87. The molecule has 3 nitrogen and oxygen atoms in total. The Morgan fingerprint density at radius 2 is 2.07 bits per heavy atom. The number of rotatable bonds is 3. The molecule has 0 aliphatic heterocycles. The molecule has 0 radical (unpaired) electrons. The third-order valence-corrected chi connectivity index (χ3v) is 1.87. The molecule has 1 atom stereocenters. The molecule has 0 fully saturated rings. The van der Waals surface area contributed by atoms with Crippen molar-refractivity contribution in [1.82, 2.24) is 0 Å². The quantitative estimate of drug-likeness (QED) is 0.785. The van der Waals surface area contributed by atoms with Crippen molar-refractivity contribution >= 4 is 0 Å². The summed E-state index contributed by atoms with van der Waals surface area (Å²) in [4.78, 5) is 0. The predicted molar refractivity (Wildman–Crippen MR) is 47.6 cm³/mol. The molecule has 0 amide bonds. The summed E-state index contributed by atoms with van der Waals surface area (Å²) in [5.74, 6) is 0.116.